The van der Waals surface area contributed by atoms with Gasteiger partial charge in [-0.1, -0.05) is 19.9 Å². The molecule has 3 rings (SSSR count). The highest BCUT2D eigenvalue weighted by Gasteiger charge is 2.23. The second-order valence-corrected chi connectivity index (χ2v) is 10.3. The minimum absolute atomic E-state index is 0.0283. The Morgan fingerprint density at radius 1 is 1.21 bits per heavy atom. The summed E-state index contributed by atoms with van der Waals surface area (Å²) in [5.74, 6) is -2.04. The molecule has 1 unspecified atom stereocenters. The summed E-state index contributed by atoms with van der Waals surface area (Å²) in [6.07, 6.45) is 3.91. The maximum absolute atomic E-state index is 15.0. The highest BCUT2D eigenvalue weighted by Crippen LogP contribution is 2.21. The molecule has 0 aliphatic rings. The zero-order valence-corrected chi connectivity index (χ0v) is 24.4. The van der Waals surface area contributed by atoms with Crippen LogP contribution in [0.2, 0.25) is 0 Å². The van der Waals surface area contributed by atoms with E-state index in [1.165, 1.54) is 17.9 Å². The molecule has 0 aromatic carbocycles. The minimum Gasteiger partial charge on any atom is -0.453 e. The van der Waals surface area contributed by atoms with E-state index in [-0.39, 0.29) is 53.9 Å². The Kier molecular flexibility index (Phi) is 10.5. The molecule has 12 nitrogen and oxygen atoms in total. The number of carbonyl (C=O) groups is 3. The number of ether oxygens (including phenoxy) is 1. The number of allylic oxidation sites excluding steroid dienone is 1. The number of fused-ring (bicyclic) bond motifs is 1. The highest BCUT2D eigenvalue weighted by atomic mass is 19.1. The van der Waals surface area contributed by atoms with E-state index in [4.69, 9.17) is 0 Å². The lowest BCUT2D eigenvalue weighted by atomic mass is 10.1. The lowest BCUT2D eigenvalue weighted by Crippen LogP contribution is -2.44. The van der Waals surface area contributed by atoms with Crippen LogP contribution in [0.3, 0.4) is 0 Å². The van der Waals surface area contributed by atoms with Gasteiger partial charge in [0.2, 0.25) is 11.8 Å². The van der Waals surface area contributed by atoms with Crippen molar-refractivity contribution in [2.75, 3.05) is 26.5 Å². The molecule has 3 N–H and O–H groups in total. The summed E-state index contributed by atoms with van der Waals surface area (Å²) in [5, 5.41) is 4.76. The Hall–Kier alpha value is -4.62. The molecule has 42 heavy (non-hydrogen) atoms. The second kappa shape index (κ2) is 13.8. The van der Waals surface area contributed by atoms with Crippen LogP contribution in [0.5, 0.6) is 0 Å². The fourth-order valence-electron chi connectivity index (χ4n) is 4.12. The fraction of sp³-hybridized carbons (Fsp3) is 0.429. The lowest BCUT2D eigenvalue weighted by Gasteiger charge is -2.18. The van der Waals surface area contributed by atoms with E-state index in [1.54, 1.807) is 20.2 Å². The van der Waals surface area contributed by atoms with Crippen LogP contribution >= 0.6 is 0 Å². The summed E-state index contributed by atoms with van der Waals surface area (Å²) >= 11 is 0. The van der Waals surface area contributed by atoms with Crippen LogP contribution in [-0.2, 0) is 27.3 Å². The van der Waals surface area contributed by atoms with Gasteiger partial charge in [0.15, 0.2) is 5.82 Å². The Balaban J connectivity index is 1.88. The van der Waals surface area contributed by atoms with Crippen molar-refractivity contribution in [2.24, 2.45) is 5.92 Å². The van der Waals surface area contributed by atoms with Crippen molar-refractivity contribution in [1.82, 2.24) is 29.7 Å². The average Bonchev–Trinajstić information content (AvgIpc) is 3.37. The standard InChI is InChI=1S/C28H35F2N7O5/c1-15(2)11-20-25-24(18(30)13-31-20)34-22(35-25)14-37-16(3)17(29)12-21(27(37)40)32-26(39)19(33-28(41)42-6)9-7-8-10-23(38)36(4)5/h8,10,12-13,15,19H,7,9,11,14H2,1-6H3,(H,32,39)(H,33,41)(H,34,35). The van der Waals surface area contributed by atoms with E-state index < -0.39 is 35.2 Å². The summed E-state index contributed by atoms with van der Waals surface area (Å²) in [7, 11) is 4.30. The molecule has 0 spiro atoms. The van der Waals surface area contributed by atoms with Crippen molar-refractivity contribution in [1.29, 1.82) is 0 Å². The van der Waals surface area contributed by atoms with E-state index >= 15 is 0 Å². The number of methoxy groups -OCH3 is 1. The predicted molar refractivity (Wildman–Crippen MR) is 152 cm³/mol. The molecule has 0 aliphatic heterocycles. The quantitative estimate of drug-likeness (QED) is 0.292. The van der Waals surface area contributed by atoms with Gasteiger partial charge in [-0.2, -0.15) is 0 Å². The number of carbonyl (C=O) groups excluding carboxylic acids is 3. The Labute approximate surface area is 241 Å². The summed E-state index contributed by atoms with van der Waals surface area (Å²) in [6.45, 7) is 5.14. The maximum Gasteiger partial charge on any atom is 0.407 e. The first-order valence-electron chi connectivity index (χ1n) is 13.3. The zero-order chi connectivity index (χ0) is 31.1. The number of imidazole rings is 1. The second-order valence-electron chi connectivity index (χ2n) is 10.3. The number of nitrogens with one attached hydrogen (secondary N) is 3. The normalized spacial score (nSPS) is 12.1. The summed E-state index contributed by atoms with van der Waals surface area (Å²) < 4.78 is 35.1. The fourth-order valence-corrected chi connectivity index (χ4v) is 4.12. The number of H-pyrrole nitrogens is 1. The minimum atomic E-state index is -1.17. The third-order valence-corrected chi connectivity index (χ3v) is 6.38. The Bertz CT molecular complexity index is 1560. The first-order valence-corrected chi connectivity index (χ1v) is 13.3. The summed E-state index contributed by atoms with van der Waals surface area (Å²) in [5.41, 5.74) is -0.0721. The molecule has 0 saturated carbocycles. The van der Waals surface area contributed by atoms with Crippen LogP contribution in [0.1, 0.15) is 43.9 Å². The van der Waals surface area contributed by atoms with Crippen LogP contribution in [0, 0.1) is 24.5 Å². The van der Waals surface area contributed by atoms with Gasteiger partial charge >= 0.3 is 6.09 Å². The Morgan fingerprint density at radius 3 is 2.57 bits per heavy atom. The number of alkyl carbamates (subject to hydrolysis) is 1. The van der Waals surface area contributed by atoms with E-state index in [1.807, 2.05) is 13.8 Å². The van der Waals surface area contributed by atoms with Crippen LogP contribution in [0.15, 0.2) is 29.2 Å². The monoisotopic (exact) mass is 587 g/mol. The molecule has 3 heterocycles. The number of amides is 3. The van der Waals surface area contributed by atoms with Crippen molar-refractivity contribution in [3.05, 3.63) is 63.6 Å². The van der Waals surface area contributed by atoms with Gasteiger partial charge in [-0.25, -0.2) is 18.6 Å². The van der Waals surface area contributed by atoms with E-state index in [0.29, 0.717) is 17.6 Å². The van der Waals surface area contributed by atoms with Gasteiger partial charge in [0.1, 0.15) is 28.9 Å². The summed E-state index contributed by atoms with van der Waals surface area (Å²) in [4.78, 5) is 62.9. The first-order chi connectivity index (χ1) is 19.8. The molecule has 0 fully saturated rings. The molecule has 3 aromatic heterocycles. The van der Waals surface area contributed by atoms with Gasteiger partial charge in [-0.3, -0.25) is 19.4 Å². The molecular weight excluding hydrogens is 552 g/mol. The molecule has 1 atom stereocenters. The van der Waals surface area contributed by atoms with Crippen LogP contribution in [0.25, 0.3) is 11.0 Å². The first kappa shape index (κ1) is 31.9. The van der Waals surface area contributed by atoms with Gasteiger partial charge in [0.25, 0.3) is 5.56 Å². The SMILES string of the molecule is COC(=O)NC(CCC=CC(=O)N(C)C)C(=O)Nc1cc(F)c(C)n(Cc2nc3c(F)cnc(CC(C)C)c3[nH]2)c1=O. The summed E-state index contributed by atoms with van der Waals surface area (Å²) in [6, 6.07) is -0.279. The number of likely N-dealkylation sites (N-methyl/N-ethyl adjacent to an activating group) is 1. The van der Waals surface area contributed by atoms with Crippen molar-refractivity contribution in [3.8, 4) is 0 Å². The van der Waals surface area contributed by atoms with Crippen molar-refractivity contribution >= 4 is 34.6 Å². The molecule has 0 aliphatic carbocycles. The number of nitrogens with zero attached hydrogens (tertiary/aromatic N) is 4. The van der Waals surface area contributed by atoms with E-state index in [9.17, 15) is 28.0 Å². The maximum atomic E-state index is 15.0. The third-order valence-electron chi connectivity index (χ3n) is 6.38. The Morgan fingerprint density at radius 2 is 1.93 bits per heavy atom. The van der Waals surface area contributed by atoms with Crippen LogP contribution < -0.4 is 16.2 Å². The van der Waals surface area contributed by atoms with Crippen molar-refractivity contribution in [2.45, 2.75) is 52.6 Å². The molecule has 0 radical (unpaired) electrons. The number of hydrogen-bond acceptors (Lipinski definition) is 7. The van der Waals surface area contributed by atoms with Gasteiger partial charge < -0.3 is 29.8 Å². The molecular formula is C28H35F2N7O5. The highest BCUT2D eigenvalue weighted by molar-refractivity contribution is 5.96. The number of pyridine rings is 2. The van der Waals surface area contributed by atoms with Gasteiger partial charge in [-0.15, -0.1) is 0 Å². The lowest BCUT2D eigenvalue weighted by molar-refractivity contribution is -0.123. The molecule has 14 heteroatoms. The number of anilines is 1. The number of halogens is 2. The van der Waals surface area contributed by atoms with E-state index in [2.05, 4.69) is 30.3 Å². The van der Waals surface area contributed by atoms with Crippen LogP contribution in [0.4, 0.5) is 19.3 Å². The third kappa shape index (κ3) is 7.77. The molecule has 226 valence electrons. The molecule has 3 aromatic rings. The van der Waals surface area contributed by atoms with Crippen LogP contribution in [-0.4, -0.2) is 69.6 Å². The predicted octanol–water partition coefficient (Wildman–Crippen LogP) is 3.04. The topological polar surface area (TPSA) is 151 Å². The smallest absolute Gasteiger partial charge is 0.407 e. The number of rotatable bonds is 11. The van der Waals surface area contributed by atoms with E-state index in [0.717, 1.165) is 23.9 Å². The number of aromatic nitrogens is 4. The number of hydrogen-bond donors (Lipinski definition) is 3. The molecule has 0 saturated heterocycles. The number of aromatic amines is 1. The van der Waals surface area contributed by atoms with Gasteiger partial charge in [0, 0.05) is 20.2 Å². The molecule has 0 bridgehead atoms. The van der Waals surface area contributed by atoms with Gasteiger partial charge in [-0.05, 0) is 38.2 Å². The van der Waals surface area contributed by atoms with Gasteiger partial charge in [0.05, 0.1) is 36.8 Å². The molecule has 3 amide bonds. The van der Waals surface area contributed by atoms with Crippen molar-refractivity contribution in [3.63, 3.8) is 0 Å². The van der Waals surface area contributed by atoms with Crippen molar-refractivity contribution < 1.29 is 27.9 Å². The average molecular weight is 588 g/mol. The largest absolute Gasteiger partial charge is 0.453 e. The zero-order valence-electron chi connectivity index (χ0n) is 24.4.